The quantitative estimate of drug-likeness (QED) is 0.670. The maximum atomic E-state index is 5.47. The number of hydrogen-bond acceptors (Lipinski definition) is 1. The summed E-state index contributed by atoms with van der Waals surface area (Å²) in [7, 11) is 0. The molecule has 2 rings (SSSR count). The fourth-order valence-corrected chi connectivity index (χ4v) is 1.37. The Morgan fingerprint density at radius 3 is 2.77 bits per heavy atom. The van der Waals surface area contributed by atoms with Crippen LogP contribution < -0.4 is 0 Å². The number of fused-ring (bicyclic) bond motifs is 1. The smallest absolute Gasteiger partial charge is 0.0709 e. The number of hydrogen-bond donors (Lipinski definition) is 0. The van der Waals surface area contributed by atoms with E-state index in [4.69, 9.17) is 11.6 Å². The molecule has 1 heterocycles. The lowest BCUT2D eigenvalue weighted by molar-refractivity contribution is 1.37. The molecule has 0 saturated heterocycles. The fourth-order valence-electron chi connectivity index (χ4n) is 1.24. The van der Waals surface area contributed by atoms with Crippen LogP contribution in [-0.4, -0.2) is 4.98 Å². The second-order valence-corrected chi connectivity index (χ2v) is 2.97. The van der Waals surface area contributed by atoms with Crippen molar-refractivity contribution in [2.75, 3.05) is 0 Å². The first-order valence-corrected chi connectivity index (χ1v) is 4.46. The first kappa shape index (κ1) is 8.27. The Kier molecular flexibility index (Phi) is 2.28. The molecule has 0 aliphatic rings. The molecule has 0 aliphatic heterocycles. The van der Waals surface area contributed by atoms with Gasteiger partial charge in [-0.3, -0.25) is 0 Å². The number of aromatic nitrogens is 1. The van der Waals surface area contributed by atoms with Crippen LogP contribution in [-0.2, 0) is 0 Å². The largest absolute Gasteiger partial charge is 0.248 e. The second kappa shape index (κ2) is 3.58. The van der Waals surface area contributed by atoms with Gasteiger partial charge in [-0.15, -0.1) is 0 Å². The Labute approximate surface area is 81.7 Å². The standard InChI is InChI=1S/C11H8ClN/c12-8-7-10-6-5-9-3-1-2-4-11(9)13-10/h1-8H. The zero-order valence-electron chi connectivity index (χ0n) is 6.94. The summed E-state index contributed by atoms with van der Waals surface area (Å²) in [6.07, 6.45) is 1.77. The highest BCUT2D eigenvalue weighted by molar-refractivity contribution is 6.27. The number of benzene rings is 1. The third-order valence-corrected chi connectivity index (χ3v) is 1.98. The van der Waals surface area contributed by atoms with E-state index < -0.39 is 0 Å². The zero-order chi connectivity index (χ0) is 9.10. The summed E-state index contributed by atoms with van der Waals surface area (Å²) in [6.45, 7) is 0. The Hall–Kier alpha value is -1.34. The van der Waals surface area contributed by atoms with Crippen LogP contribution in [0.4, 0.5) is 0 Å². The Morgan fingerprint density at radius 1 is 1.08 bits per heavy atom. The summed E-state index contributed by atoms with van der Waals surface area (Å²) in [6, 6.07) is 12.0. The van der Waals surface area contributed by atoms with E-state index in [1.54, 1.807) is 6.08 Å². The van der Waals surface area contributed by atoms with Crippen molar-refractivity contribution in [3.63, 3.8) is 0 Å². The highest BCUT2D eigenvalue weighted by Crippen LogP contribution is 2.12. The molecule has 1 nitrogen and oxygen atoms in total. The predicted octanol–water partition coefficient (Wildman–Crippen LogP) is 3.44. The van der Waals surface area contributed by atoms with Crippen molar-refractivity contribution in [1.82, 2.24) is 4.98 Å². The summed E-state index contributed by atoms with van der Waals surface area (Å²) in [5, 5.41) is 1.15. The van der Waals surface area contributed by atoms with Crippen molar-refractivity contribution in [3.05, 3.63) is 47.6 Å². The van der Waals surface area contributed by atoms with E-state index in [9.17, 15) is 0 Å². The van der Waals surface area contributed by atoms with Gasteiger partial charge in [0.25, 0.3) is 0 Å². The summed E-state index contributed by atoms with van der Waals surface area (Å²) >= 11 is 5.47. The monoisotopic (exact) mass is 189 g/mol. The third kappa shape index (κ3) is 1.70. The lowest BCUT2D eigenvalue weighted by Crippen LogP contribution is -1.81. The van der Waals surface area contributed by atoms with Crippen molar-refractivity contribution in [1.29, 1.82) is 0 Å². The molecular weight excluding hydrogens is 182 g/mol. The Morgan fingerprint density at radius 2 is 1.92 bits per heavy atom. The zero-order valence-corrected chi connectivity index (χ0v) is 7.70. The molecule has 0 radical (unpaired) electrons. The van der Waals surface area contributed by atoms with Gasteiger partial charge in [-0.2, -0.15) is 0 Å². The molecule has 13 heavy (non-hydrogen) atoms. The minimum Gasteiger partial charge on any atom is -0.248 e. The number of rotatable bonds is 1. The number of nitrogens with zero attached hydrogens (tertiary/aromatic N) is 1. The Balaban J connectivity index is 2.62. The highest BCUT2D eigenvalue weighted by Gasteiger charge is 1.93. The minimum absolute atomic E-state index is 0.883. The van der Waals surface area contributed by atoms with Crippen molar-refractivity contribution in [2.45, 2.75) is 0 Å². The number of pyridine rings is 1. The SMILES string of the molecule is ClC=Cc1ccc2ccccc2n1. The molecule has 2 heteroatoms. The van der Waals surface area contributed by atoms with Gasteiger partial charge in [0.05, 0.1) is 11.2 Å². The maximum Gasteiger partial charge on any atom is 0.0709 e. The van der Waals surface area contributed by atoms with Crippen molar-refractivity contribution in [2.24, 2.45) is 0 Å². The molecule has 0 unspecified atom stereocenters. The van der Waals surface area contributed by atoms with Gasteiger partial charge in [0.1, 0.15) is 0 Å². The molecule has 0 bridgehead atoms. The summed E-state index contributed by atoms with van der Waals surface area (Å²) < 4.78 is 0. The number of halogens is 1. The van der Waals surface area contributed by atoms with Gasteiger partial charge >= 0.3 is 0 Å². The lowest BCUT2D eigenvalue weighted by atomic mass is 10.2. The molecule has 0 atom stereocenters. The molecular formula is C11H8ClN. The highest BCUT2D eigenvalue weighted by atomic mass is 35.5. The van der Waals surface area contributed by atoms with E-state index in [0.717, 1.165) is 16.6 Å². The van der Waals surface area contributed by atoms with Gasteiger partial charge in [0.2, 0.25) is 0 Å². The van der Waals surface area contributed by atoms with Crippen LogP contribution in [0.3, 0.4) is 0 Å². The van der Waals surface area contributed by atoms with Crippen LogP contribution in [0.25, 0.3) is 17.0 Å². The van der Waals surface area contributed by atoms with Crippen molar-refractivity contribution < 1.29 is 0 Å². The van der Waals surface area contributed by atoms with Crippen LogP contribution in [0.5, 0.6) is 0 Å². The first-order chi connectivity index (χ1) is 6.40. The van der Waals surface area contributed by atoms with Crippen molar-refractivity contribution >= 4 is 28.6 Å². The molecule has 2 aromatic rings. The van der Waals surface area contributed by atoms with E-state index in [0.29, 0.717) is 0 Å². The second-order valence-electron chi connectivity index (χ2n) is 2.72. The van der Waals surface area contributed by atoms with Crippen LogP contribution in [0, 0.1) is 0 Å². The van der Waals surface area contributed by atoms with E-state index >= 15 is 0 Å². The van der Waals surface area contributed by atoms with Gasteiger partial charge in [-0.25, -0.2) is 4.98 Å². The normalized spacial score (nSPS) is 11.2. The average molecular weight is 190 g/mol. The lowest BCUT2D eigenvalue weighted by Gasteiger charge is -1.97. The van der Waals surface area contributed by atoms with E-state index in [1.807, 2.05) is 36.4 Å². The molecule has 0 fully saturated rings. The van der Waals surface area contributed by atoms with Crippen LogP contribution in [0.15, 0.2) is 41.9 Å². The maximum absolute atomic E-state index is 5.47. The molecule has 0 N–H and O–H groups in total. The average Bonchev–Trinajstić information content (AvgIpc) is 2.18. The molecule has 0 saturated carbocycles. The summed E-state index contributed by atoms with van der Waals surface area (Å²) in [4.78, 5) is 4.39. The first-order valence-electron chi connectivity index (χ1n) is 4.03. The van der Waals surface area contributed by atoms with Gasteiger partial charge in [-0.1, -0.05) is 35.9 Å². The fraction of sp³-hybridized carbons (Fsp3) is 0. The summed E-state index contributed by atoms with van der Waals surface area (Å²) in [5.74, 6) is 0. The summed E-state index contributed by atoms with van der Waals surface area (Å²) in [5.41, 5.74) is 3.35. The molecule has 64 valence electrons. The third-order valence-electron chi connectivity index (χ3n) is 1.85. The van der Waals surface area contributed by atoms with Gasteiger partial charge < -0.3 is 0 Å². The Bertz CT molecular complexity index is 449. The molecule has 1 aromatic heterocycles. The molecule has 0 aliphatic carbocycles. The van der Waals surface area contributed by atoms with Gasteiger partial charge in [-0.05, 0) is 18.2 Å². The van der Waals surface area contributed by atoms with Crippen LogP contribution in [0.2, 0.25) is 0 Å². The predicted molar refractivity (Wildman–Crippen MR) is 56.6 cm³/mol. The number of para-hydroxylation sites is 1. The van der Waals surface area contributed by atoms with Crippen molar-refractivity contribution in [3.8, 4) is 0 Å². The van der Waals surface area contributed by atoms with E-state index in [1.165, 1.54) is 5.54 Å². The molecule has 0 spiro atoms. The topological polar surface area (TPSA) is 12.9 Å². The van der Waals surface area contributed by atoms with Gasteiger partial charge in [0, 0.05) is 10.9 Å². The minimum atomic E-state index is 0.883. The molecule has 1 aromatic carbocycles. The van der Waals surface area contributed by atoms with E-state index in [2.05, 4.69) is 4.98 Å². The molecule has 0 amide bonds. The van der Waals surface area contributed by atoms with Gasteiger partial charge in [0.15, 0.2) is 0 Å². The van der Waals surface area contributed by atoms with Crippen LogP contribution >= 0.6 is 11.6 Å². The van der Waals surface area contributed by atoms with Crippen LogP contribution in [0.1, 0.15) is 5.69 Å². The van der Waals surface area contributed by atoms with E-state index in [-0.39, 0.29) is 0 Å².